The van der Waals surface area contributed by atoms with Gasteiger partial charge in [-0.2, -0.15) is 0 Å². The van der Waals surface area contributed by atoms with Crippen molar-refractivity contribution in [1.29, 1.82) is 0 Å². The Labute approximate surface area is 156 Å². The van der Waals surface area contributed by atoms with Crippen molar-refractivity contribution in [3.63, 3.8) is 0 Å². The summed E-state index contributed by atoms with van der Waals surface area (Å²) in [5, 5.41) is 9.84. The lowest BCUT2D eigenvalue weighted by Crippen LogP contribution is -2.22. The molecular formula is C17H14BrFN4OS. The minimum absolute atomic E-state index is 0.205. The van der Waals surface area contributed by atoms with E-state index in [0.29, 0.717) is 16.7 Å². The van der Waals surface area contributed by atoms with E-state index in [1.807, 2.05) is 24.3 Å². The van der Waals surface area contributed by atoms with Gasteiger partial charge in [-0.25, -0.2) is 9.37 Å². The lowest BCUT2D eigenvalue weighted by atomic mass is 10.2. The summed E-state index contributed by atoms with van der Waals surface area (Å²) in [6.45, 7) is 1.76. The molecule has 3 rings (SSSR count). The highest BCUT2D eigenvalue weighted by atomic mass is 79.9. The van der Waals surface area contributed by atoms with Gasteiger partial charge in [0.1, 0.15) is 5.82 Å². The Morgan fingerprint density at radius 3 is 2.68 bits per heavy atom. The molecule has 0 fully saturated rings. The van der Waals surface area contributed by atoms with Crippen LogP contribution in [-0.4, -0.2) is 26.3 Å². The molecule has 0 radical (unpaired) electrons. The first kappa shape index (κ1) is 17.6. The van der Waals surface area contributed by atoms with Crippen LogP contribution < -0.4 is 5.32 Å². The third-order valence-electron chi connectivity index (χ3n) is 3.36. The molecule has 1 amide bonds. The van der Waals surface area contributed by atoms with Crippen LogP contribution in [0.3, 0.4) is 0 Å². The zero-order valence-electron chi connectivity index (χ0n) is 13.2. The second-order valence-corrected chi connectivity index (χ2v) is 7.36. The summed E-state index contributed by atoms with van der Waals surface area (Å²) in [7, 11) is 0. The molecule has 0 saturated heterocycles. The number of aromatic amines is 1. The van der Waals surface area contributed by atoms with Gasteiger partial charge in [-0.3, -0.25) is 9.89 Å². The molecule has 128 valence electrons. The maximum atomic E-state index is 12.9. The van der Waals surface area contributed by atoms with E-state index < -0.39 is 5.25 Å². The molecule has 0 aliphatic heterocycles. The fraction of sp³-hybridized carbons (Fsp3) is 0.118. The average molecular weight is 421 g/mol. The van der Waals surface area contributed by atoms with Crippen molar-refractivity contribution < 1.29 is 9.18 Å². The molecule has 0 unspecified atom stereocenters. The van der Waals surface area contributed by atoms with Crippen molar-refractivity contribution in [3.8, 4) is 11.4 Å². The fourth-order valence-electron chi connectivity index (χ4n) is 2.06. The molecule has 25 heavy (non-hydrogen) atoms. The van der Waals surface area contributed by atoms with Crippen LogP contribution in [0, 0.1) is 5.82 Å². The van der Waals surface area contributed by atoms with Crippen LogP contribution in [0.4, 0.5) is 10.1 Å². The van der Waals surface area contributed by atoms with Crippen LogP contribution in [-0.2, 0) is 4.79 Å². The van der Waals surface area contributed by atoms with Crippen molar-refractivity contribution in [1.82, 2.24) is 15.2 Å². The van der Waals surface area contributed by atoms with Gasteiger partial charge in [0.15, 0.2) is 5.82 Å². The van der Waals surface area contributed by atoms with Crippen molar-refractivity contribution >= 4 is 39.3 Å². The van der Waals surface area contributed by atoms with Gasteiger partial charge in [-0.15, -0.1) is 5.10 Å². The van der Waals surface area contributed by atoms with Crippen molar-refractivity contribution in [2.75, 3.05) is 5.32 Å². The third-order valence-corrected chi connectivity index (χ3v) is 5.01. The van der Waals surface area contributed by atoms with Crippen molar-refractivity contribution in [2.24, 2.45) is 0 Å². The number of nitrogens with zero attached hydrogens (tertiary/aromatic N) is 2. The van der Waals surface area contributed by atoms with Gasteiger partial charge in [-0.1, -0.05) is 45.9 Å². The molecule has 1 aromatic heterocycles. The summed E-state index contributed by atoms with van der Waals surface area (Å²) < 4.78 is 13.8. The number of thioether (sulfide) groups is 1. The van der Waals surface area contributed by atoms with Gasteiger partial charge in [0, 0.05) is 15.7 Å². The van der Waals surface area contributed by atoms with Crippen LogP contribution >= 0.6 is 27.7 Å². The number of carbonyl (C=O) groups is 1. The molecule has 5 nitrogen and oxygen atoms in total. The minimum Gasteiger partial charge on any atom is -0.325 e. The van der Waals surface area contributed by atoms with E-state index >= 15 is 0 Å². The molecule has 1 atom stereocenters. The molecule has 1 heterocycles. The number of hydrogen-bond acceptors (Lipinski definition) is 4. The number of rotatable bonds is 5. The number of H-pyrrole nitrogens is 1. The number of anilines is 1. The van der Waals surface area contributed by atoms with E-state index in [2.05, 4.69) is 36.4 Å². The number of amides is 1. The van der Waals surface area contributed by atoms with E-state index in [9.17, 15) is 9.18 Å². The topological polar surface area (TPSA) is 70.7 Å². The number of nitrogens with one attached hydrogen (secondary N) is 2. The summed E-state index contributed by atoms with van der Waals surface area (Å²) in [5.41, 5.74) is 1.44. The molecular weight excluding hydrogens is 407 g/mol. The Hall–Kier alpha value is -2.19. The van der Waals surface area contributed by atoms with Crippen LogP contribution in [0.2, 0.25) is 0 Å². The van der Waals surface area contributed by atoms with Crippen molar-refractivity contribution in [3.05, 3.63) is 58.8 Å². The predicted octanol–water partition coefficient (Wildman–Crippen LogP) is 4.49. The molecule has 2 N–H and O–H groups in total. The van der Waals surface area contributed by atoms with Gasteiger partial charge >= 0.3 is 0 Å². The molecule has 0 aliphatic carbocycles. The number of hydrogen-bond donors (Lipinski definition) is 2. The number of carbonyl (C=O) groups excluding carboxylic acids is 1. The molecule has 2 aromatic carbocycles. The number of halogens is 2. The smallest absolute Gasteiger partial charge is 0.237 e. The van der Waals surface area contributed by atoms with Crippen molar-refractivity contribution in [2.45, 2.75) is 17.3 Å². The number of aromatic nitrogens is 3. The summed E-state index contributed by atoms with van der Waals surface area (Å²) in [5.74, 6) is 0.0747. The Morgan fingerprint density at radius 1 is 1.24 bits per heavy atom. The first-order chi connectivity index (χ1) is 12.0. The third kappa shape index (κ3) is 4.46. The fourth-order valence-corrected chi connectivity index (χ4v) is 3.26. The molecule has 0 spiro atoms. The van der Waals surface area contributed by atoms with E-state index in [-0.39, 0.29) is 11.7 Å². The predicted molar refractivity (Wildman–Crippen MR) is 99.9 cm³/mol. The Balaban J connectivity index is 1.65. The van der Waals surface area contributed by atoms with E-state index in [1.54, 1.807) is 6.92 Å². The van der Waals surface area contributed by atoms with E-state index in [1.165, 1.54) is 36.0 Å². The van der Waals surface area contributed by atoms with Crippen LogP contribution in [0.1, 0.15) is 6.92 Å². The zero-order chi connectivity index (χ0) is 17.8. The summed E-state index contributed by atoms with van der Waals surface area (Å²) in [6, 6.07) is 13.3. The highest BCUT2D eigenvalue weighted by Gasteiger charge is 2.18. The maximum absolute atomic E-state index is 12.9. The average Bonchev–Trinajstić information content (AvgIpc) is 3.05. The van der Waals surface area contributed by atoms with Gasteiger partial charge < -0.3 is 5.32 Å². The first-order valence-corrected chi connectivity index (χ1v) is 9.10. The van der Waals surface area contributed by atoms with E-state index in [4.69, 9.17) is 0 Å². The monoisotopic (exact) mass is 420 g/mol. The molecule has 3 aromatic rings. The minimum atomic E-state index is -0.409. The Morgan fingerprint density at radius 2 is 1.96 bits per heavy atom. The second-order valence-electron chi connectivity index (χ2n) is 5.20. The highest BCUT2D eigenvalue weighted by Crippen LogP contribution is 2.27. The highest BCUT2D eigenvalue weighted by molar-refractivity contribution is 9.10. The first-order valence-electron chi connectivity index (χ1n) is 7.43. The summed E-state index contributed by atoms with van der Waals surface area (Å²) in [4.78, 5) is 16.7. The standard InChI is InChI=1S/C17H14BrFN4OS/c1-10(16(24)20-12-8-6-11(19)7-9-12)25-17-21-15(22-23-17)13-4-2-3-5-14(13)18/h2-10H,1H3,(H,20,24)(H,21,22,23)/t10-/m0/s1. The normalized spacial score (nSPS) is 12.0. The molecule has 0 saturated carbocycles. The SMILES string of the molecule is C[C@H](Sc1n[nH]c(-c2ccccc2Br)n1)C(=O)Nc1ccc(F)cc1. The van der Waals surface area contributed by atoms with Gasteiger partial charge in [-0.05, 0) is 37.3 Å². The lowest BCUT2D eigenvalue weighted by molar-refractivity contribution is -0.115. The van der Waals surface area contributed by atoms with E-state index in [0.717, 1.165) is 10.0 Å². The summed E-state index contributed by atoms with van der Waals surface area (Å²) in [6.07, 6.45) is 0. The van der Waals surface area contributed by atoms with Gasteiger partial charge in [0.2, 0.25) is 11.1 Å². The largest absolute Gasteiger partial charge is 0.325 e. The Kier molecular flexibility index (Phi) is 5.50. The second kappa shape index (κ2) is 7.79. The molecule has 0 aliphatic rings. The molecule has 8 heteroatoms. The van der Waals surface area contributed by atoms with Crippen LogP contribution in [0.5, 0.6) is 0 Å². The van der Waals surface area contributed by atoms with Crippen LogP contribution in [0.15, 0.2) is 58.2 Å². The quantitative estimate of drug-likeness (QED) is 0.596. The Bertz CT molecular complexity index is 884. The maximum Gasteiger partial charge on any atom is 0.237 e. The number of benzene rings is 2. The lowest BCUT2D eigenvalue weighted by Gasteiger charge is -2.10. The zero-order valence-corrected chi connectivity index (χ0v) is 15.6. The summed E-state index contributed by atoms with van der Waals surface area (Å²) >= 11 is 4.71. The van der Waals surface area contributed by atoms with Crippen LogP contribution in [0.25, 0.3) is 11.4 Å². The van der Waals surface area contributed by atoms with Gasteiger partial charge in [0.25, 0.3) is 0 Å². The molecule has 0 bridgehead atoms. The van der Waals surface area contributed by atoms with Gasteiger partial charge in [0.05, 0.1) is 5.25 Å².